The number of carbonyl (C=O) groups is 1. The van der Waals surface area contributed by atoms with Crippen LogP contribution in [-0.4, -0.2) is 40.5 Å². The van der Waals surface area contributed by atoms with Gasteiger partial charge in [0.25, 0.3) is 0 Å². The van der Waals surface area contributed by atoms with Gasteiger partial charge in [-0.05, 0) is 0 Å². The summed E-state index contributed by atoms with van der Waals surface area (Å²) in [6, 6.07) is 11.2. The normalized spacial score (nSPS) is 10.6. The number of aromatic nitrogens is 2. The number of thioether (sulfide) groups is 1. The number of benzene rings is 2. The van der Waals surface area contributed by atoms with Crippen molar-refractivity contribution < 1.29 is 9.72 Å². The van der Waals surface area contributed by atoms with E-state index in [9.17, 15) is 14.9 Å². The number of nitro benzene ring substituents is 1. The molecule has 3 aromatic rings. The summed E-state index contributed by atoms with van der Waals surface area (Å²) in [5, 5.41) is 18.6. The number of hydrogen-bond donors (Lipinski definition) is 1. The third-order valence-corrected chi connectivity index (χ3v) is 7.19. The molecule has 0 spiro atoms. The fourth-order valence-electron chi connectivity index (χ4n) is 2.15. The van der Waals surface area contributed by atoms with Crippen LogP contribution < -0.4 is 5.32 Å². The van der Waals surface area contributed by atoms with Crippen LogP contribution >= 0.6 is 35.0 Å². The van der Waals surface area contributed by atoms with Crippen LogP contribution in [0.2, 0.25) is 10.0 Å². The third-order valence-electron chi connectivity index (χ3n) is 3.36. The molecule has 27 heavy (non-hydrogen) atoms. The minimum atomic E-state index is -0.536. The average molecular weight is 488 g/mol. The summed E-state index contributed by atoms with van der Waals surface area (Å²) in [6.45, 7) is 0. The number of nitrogens with zero attached hydrogens (tertiary/aromatic N) is 3. The maximum atomic E-state index is 12.2. The standard InChI is InChI=1S/C16H10Cl2N4O3SSe/c17-10-6-5-9(7-11(10)18)15-16(27-21-20-15)26-8-14(23)19-12-3-1-2-4-13(12)22(24)25/h1-7H,8H2,(H,19,23). The second-order valence-electron chi connectivity index (χ2n) is 5.15. The van der Waals surface area contributed by atoms with E-state index >= 15 is 0 Å². The van der Waals surface area contributed by atoms with E-state index in [1.807, 2.05) is 0 Å². The zero-order valence-electron chi connectivity index (χ0n) is 13.4. The van der Waals surface area contributed by atoms with Crippen molar-refractivity contribution in [2.24, 2.45) is 0 Å². The Morgan fingerprint density at radius 1 is 1.22 bits per heavy atom. The van der Waals surface area contributed by atoms with Crippen molar-refractivity contribution >= 4 is 67.0 Å². The van der Waals surface area contributed by atoms with E-state index in [0.29, 0.717) is 15.7 Å². The summed E-state index contributed by atoms with van der Waals surface area (Å²) in [7, 11) is 0. The molecule has 0 saturated heterocycles. The first kappa shape index (κ1) is 19.8. The van der Waals surface area contributed by atoms with Crippen molar-refractivity contribution in [1.29, 1.82) is 0 Å². The Bertz CT molecular complexity index is 1010. The number of carbonyl (C=O) groups excluding carboxylic acids is 1. The van der Waals surface area contributed by atoms with Crippen molar-refractivity contribution in [3.05, 3.63) is 62.6 Å². The van der Waals surface area contributed by atoms with Gasteiger partial charge in [0.05, 0.1) is 0 Å². The topological polar surface area (TPSA) is 98.0 Å². The second kappa shape index (κ2) is 8.86. The molecule has 1 amide bonds. The van der Waals surface area contributed by atoms with E-state index in [1.54, 1.807) is 30.3 Å². The number of para-hydroxylation sites is 2. The molecular formula is C16H10Cl2N4O3SSe. The van der Waals surface area contributed by atoms with Crippen molar-refractivity contribution in [2.45, 2.75) is 3.77 Å². The van der Waals surface area contributed by atoms with Crippen LogP contribution in [0.25, 0.3) is 11.3 Å². The molecule has 0 unspecified atom stereocenters. The van der Waals surface area contributed by atoms with Crippen LogP contribution in [-0.2, 0) is 4.79 Å². The SMILES string of the molecule is O=C(CSc1[se]nnc1-c1ccc(Cl)c(Cl)c1)Nc1ccccc1[N+](=O)[O-]. The Morgan fingerprint density at radius 2 is 2.00 bits per heavy atom. The van der Waals surface area contributed by atoms with E-state index in [4.69, 9.17) is 23.2 Å². The molecule has 3 rings (SSSR count). The van der Waals surface area contributed by atoms with Gasteiger partial charge in [0.2, 0.25) is 0 Å². The molecule has 0 aliphatic heterocycles. The molecule has 0 fully saturated rings. The number of nitro groups is 1. The molecule has 138 valence electrons. The molecule has 11 heteroatoms. The first-order valence-corrected chi connectivity index (χ1v) is 10.8. The van der Waals surface area contributed by atoms with Gasteiger partial charge in [-0.1, -0.05) is 0 Å². The fraction of sp³-hybridized carbons (Fsp3) is 0.0625. The Hall–Kier alpha value is -1.90. The molecule has 0 bridgehead atoms. The second-order valence-corrected chi connectivity index (χ2v) is 9.11. The first-order valence-electron chi connectivity index (χ1n) is 7.39. The van der Waals surface area contributed by atoms with E-state index in [-0.39, 0.29) is 37.8 Å². The van der Waals surface area contributed by atoms with Crippen LogP contribution in [0.4, 0.5) is 11.4 Å². The Morgan fingerprint density at radius 3 is 2.74 bits per heavy atom. The maximum absolute atomic E-state index is 12.2. The number of anilines is 1. The monoisotopic (exact) mass is 488 g/mol. The summed E-state index contributed by atoms with van der Waals surface area (Å²) in [5.41, 5.74) is 1.45. The molecule has 0 saturated carbocycles. The van der Waals surface area contributed by atoms with Gasteiger partial charge >= 0.3 is 175 Å². The van der Waals surface area contributed by atoms with Crippen LogP contribution in [0.1, 0.15) is 0 Å². The number of amides is 1. The van der Waals surface area contributed by atoms with Crippen molar-refractivity contribution in [1.82, 2.24) is 9.19 Å². The molecule has 1 N–H and O–H groups in total. The minimum absolute atomic E-state index is 0.0823. The van der Waals surface area contributed by atoms with Crippen LogP contribution in [0.5, 0.6) is 0 Å². The molecule has 0 aliphatic rings. The van der Waals surface area contributed by atoms with Gasteiger partial charge < -0.3 is 0 Å². The zero-order chi connectivity index (χ0) is 19.4. The predicted molar refractivity (Wildman–Crippen MR) is 107 cm³/mol. The first-order chi connectivity index (χ1) is 13.0. The van der Waals surface area contributed by atoms with E-state index < -0.39 is 4.92 Å². The molecule has 0 radical (unpaired) electrons. The van der Waals surface area contributed by atoms with Gasteiger partial charge in [0, 0.05) is 0 Å². The van der Waals surface area contributed by atoms with Crippen LogP contribution in [0, 0.1) is 10.1 Å². The molecule has 0 atom stereocenters. The van der Waals surface area contributed by atoms with E-state index in [0.717, 1.165) is 9.33 Å². The molecular weight excluding hydrogens is 478 g/mol. The summed E-state index contributed by atoms with van der Waals surface area (Å²) in [6.07, 6.45) is 0. The summed E-state index contributed by atoms with van der Waals surface area (Å²) >= 11 is 13.1. The Labute approximate surface area is 174 Å². The number of halogens is 2. The molecule has 1 aromatic heterocycles. The summed E-state index contributed by atoms with van der Waals surface area (Å²) in [5.74, 6) is -0.267. The molecule has 2 aromatic carbocycles. The van der Waals surface area contributed by atoms with Crippen LogP contribution in [0.15, 0.2) is 46.2 Å². The quantitative estimate of drug-likeness (QED) is 0.243. The van der Waals surface area contributed by atoms with Crippen molar-refractivity contribution in [3.63, 3.8) is 0 Å². The molecule has 0 aliphatic carbocycles. The van der Waals surface area contributed by atoms with Gasteiger partial charge in [-0.3, -0.25) is 0 Å². The molecule has 7 nitrogen and oxygen atoms in total. The summed E-state index contributed by atoms with van der Waals surface area (Å²) in [4.78, 5) is 22.7. The Kier molecular flexibility index (Phi) is 6.51. The number of nitrogens with one attached hydrogen (secondary N) is 1. The van der Waals surface area contributed by atoms with Gasteiger partial charge in [-0.25, -0.2) is 0 Å². The zero-order valence-corrected chi connectivity index (χ0v) is 17.4. The van der Waals surface area contributed by atoms with Crippen molar-refractivity contribution in [3.8, 4) is 11.3 Å². The van der Waals surface area contributed by atoms with Crippen LogP contribution in [0.3, 0.4) is 0 Å². The van der Waals surface area contributed by atoms with Gasteiger partial charge in [0.1, 0.15) is 0 Å². The predicted octanol–water partition coefficient (Wildman–Crippen LogP) is 4.15. The number of hydrogen-bond acceptors (Lipinski definition) is 6. The fourth-order valence-corrected chi connectivity index (χ4v) is 4.94. The summed E-state index contributed by atoms with van der Waals surface area (Å²) < 4.78 is 4.94. The van der Waals surface area contributed by atoms with Gasteiger partial charge in [0.15, 0.2) is 0 Å². The third kappa shape index (κ3) is 4.88. The Balaban J connectivity index is 1.69. The number of rotatable bonds is 6. The molecule has 1 heterocycles. The van der Waals surface area contributed by atoms with Crippen molar-refractivity contribution in [2.75, 3.05) is 11.1 Å². The van der Waals surface area contributed by atoms with E-state index in [1.165, 1.54) is 23.9 Å². The van der Waals surface area contributed by atoms with Gasteiger partial charge in [-0.2, -0.15) is 0 Å². The van der Waals surface area contributed by atoms with Gasteiger partial charge in [-0.15, -0.1) is 0 Å². The average Bonchev–Trinajstić information content (AvgIpc) is 3.11. The van der Waals surface area contributed by atoms with E-state index in [2.05, 4.69) is 14.5 Å².